The number of halogens is 3. The van der Waals surface area contributed by atoms with Crippen molar-refractivity contribution in [3.05, 3.63) is 57.6 Å². The summed E-state index contributed by atoms with van der Waals surface area (Å²) in [4.78, 5) is 0. The van der Waals surface area contributed by atoms with Crippen LogP contribution in [0.25, 0.3) is 0 Å². The van der Waals surface area contributed by atoms with Crippen molar-refractivity contribution in [2.45, 2.75) is 12.3 Å². The quantitative estimate of drug-likeness (QED) is 0.329. The van der Waals surface area contributed by atoms with E-state index in [1.54, 1.807) is 14.2 Å². The van der Waals surface area contributed by atoms with Crippen molar-refractivity contribution < 1.29 is 18.9 Å². The zero-order valence-corrected chi connectivity index (χ0v) is 18.9. The number of hydrogen-bond donors (Lipinski definition) is 0. The van der Waals surface area contributed by atoms with Crippen LogP contribution in [0.2, 0.25) is 10.0 Å². The standard InChI is InChI=1S/C10H12BrClO2.C10H13ClO2/c1-13-4-5-14-9-2-3-10(12)8(6-9)7-11;1-8-7-9(3-4-10(8)11)13-6-5-12-2/h2-3,6H,4-5,7H2,1H3;3-4,7H,5-6H2,1-2H3. The monoisotopic (exact) mass is 478 g/mol. The Kier molecular flexibility index (Phi) is 12.5. The third-order valence-electron chi connectivity index (χ3n) is 3.40. The Hall–Kier alpha value is -0.980. The molecule has 0 unspecified atom stereocenters. The molecular formula is C20H25BrCl2O4. The molecule has 0 fully saturated rings. The van der Waals surface area contributed by atoms with Crippen molar-refractivity contribution in [1.29, 1.82) is 0 Å². The van der Waals surface area contributed by atoms with Gasteiger partial charge in [0.2, 0.25) is 0 Å². The molecule has 0 heterocycles. The van der Waals surface area contributed by atoms with Gasteiger partial charge in [0, 0.05) is 29.6 Å². The van der Waals surface area contributed by atoms with Crippen LogP contribution in [0.1, 0.15) is 11.1 Å². The second kappa shape index (κ2) is 14.1. The van der Waals surface area contributed by atoms with Crippen LogP contribution in [-0.2, 0) is 14.8 Å². The predicted octanol–water partition coefficient (Wildman–Crippen LogP) is 5.93. The first-order chi connectivity index (χ1) is 13.0. The van der Waals surface area contributed by atoms with Crippen molar-refractivity contribution in [2.24, 2.45) is 0 Å². The molecule has 0 saturated carbocycles. The molecular weight excluding hydrogens is 455 g/mol. The maximum absolute atomic E-state index is 5.95. The summed E-state index contributed by atoms with van der Waals surface area (Å²) >= 11 is 15.2. The van der Waals surface area contributed by atoms with Gasteiger partial charge in [-0.15, -0.1) is 0 Å². The van der Waals surface area contributed by atoms with Crippen LogP contribution >= 0.6 is 39.1 Å². The zero-order chi connectivity index (χ0) is 20.1. The summed E-state index contributed by atoms with van der Waals surface area (Å²) in [6.45, 7) is 4.26. The second-order valence-electron chi connectivity index (χ2n) is 5.48. The summed E-state index contributed by atoms with van der Waals surface area (Å²) in [6, 6.07) is 11.2. The van der Waals surface area contributed by atoms with Crippen molar-refractivity contribution >= 4 is 39.1 Å². The minimum absolute atomic E-state index is 0.555. The van der Waals surface area contributed by atoms with Gasteiger partial charge in [-0.3, -0.25) is 0 Å². The van der Waals surface area contributed by atoms with Crippen LogP contribution in [0.5, 0.6) is 11.5 Å². The molecule has 0 atom stereocenters. The Bertz CT molecular complexity index is 683. The SMILES string of the molecule is COCCOc1ccc(Cl)c(C)c1.COCCOc1ccc(Cl)c(CBr)c1. The third-order valence-corrected chi connectivity index (χ3v) is 4.80. The lowest BCUT2D eigenvalue weighted by molar-refractivity contribution is 0.146. The fraction of sp³-hybridized carbons (Fsp3) is 0.400. The zero-order valence-electron chi connectivity index (χ0n) is 15.8. The van der Waals surface area contributed by atoms with Crippen molar-refractivity contribution in [3.8, 4) is 11.5 Å². The normalized spacial score (nSPS) is 10.1. The van der Waals surface area contributed by atoms with E-state index in [9.17, 15) is 0 Å². The molecule has 0 aliphatic carbocycles. The van der Waals surface area contributed by atoms with Crippen molar-refractivity contribution in [1.82, 2.24) is 0 Å². The molecule has 4 nitrogen and oxygen atoms in total. The molecule has 2 rings (SSSR count). The Balaban J connectivity index is 0.000000271. The Labute approximate surface area is 179 Å². The van der Waals surface area contributed by atoms with Crippen LogP contribution in [0, 0.1) is 6.92 Å². The fourth-order valence-electron chi connectivity index (χ4n) is 1.94. The molecule has 0 aromatic heterocycles. The van der Waals surface area contributed by atoms with Gasteiger partial charge in [-0.2, -0.15) is 0 Å². The lowest BCUT2D eigenvalue weighted by Crippen LogP contribution is -2.04. The summed E-state index contributed by atoms with van der Waals surface area (Å²) < 4.78 is 20.6. The minimum atomic E-state index is 0.555. The molecule has 0 amide bonds. The first-order valence-electron chi connectivity index (χ1n) is 8.35. The van der Waals surface area contributed by atoms with E-state index in [2.05, 4.69) is 15.9 Å². The van der Waals surface area contributed by atoms with Crippen LogP contribution < -0.4 is 9.47 Å². The molecule has 7 heteroatoms. The topological polar surface area (TPSA) is 36.9 Å². The van der Waals surface area contributed by atoms with Gasteiger partial charge in [0.15, 0.2) is 0 Å². The molecule has 0 aliphatic heterocycles. The molecule has 0 saturated heterocycles. The molecule has 0 spiro atoms. The summed E-state index contributed by atoms with van der Waals surface area (Å²) in [6.07, 6.45) is 0. The van der Waals surface area contributed by atoms with Crippen molar-refractivity contribution in [2.75, 3.05) is 40.6 Å². The first kappa shape index (κ1) is 24.1. The van der Waals surface area contributed by atoms with Gasteiger partial charge >= 0.3 is 0 Å². The molecule has 2 aromatic rings. The van der Waals surface area contributed by atoms with Gasteiger partial charge in [0.25, 0.3) is 0 Å². The Morgan fingerprint density at radius 1 is 0.778 bits per heavy atom. The summed E-state index contributed by atoms with van der Waals surface area (Å²) in [5, 5.41) is 2.24. The highest BCUT2D eigenvalue weighted by Crippen LogP contribution is 2.24. The Morgan fingerprint density at radius 3 is 1.78 bits per heavy atom. The van der Waals surface area contributed by atoms with Gasteiger partial charge in [0.1, 0.15) is 24.7 Å². The molecule has 0 aliphatic rings. The number of rotatable bonds is 9. The number of ether oxygens (including phenoxy) is 4. The minimum Gasteiger partial charge on any atom is -0.491 e. The van der Waals surface area contributed by atoms with Crippen LogP contribution in [0.15, 0.2) is 36.4 Å². The lowest BCUT2D eigenvalue weighted by Gasteiger charge is -2.07. The average molecular weight is 480 g/mol. The van der Waals surface area contributed by atoms with E-state index in [1.165, 1.54) is 0 Å². The molecule has 27 heavy (non-hydrogen) atoms. The molecule has 150 valence electrons. The number of benzene rings is 2. The molecule has 0 N–H and O–H groups in total. The average Bonchev–Trinajstić information content (AvgIpc) is 2.67. The van der Waals surface area contributed by atoms with E-state index in [4.69, 9.17) is 42.1 Å². The number of hydrogen-bond acceptors (Lipinski definition) is 4. The van der Waals surface area contributed by atoms with Crippen LogP contribution in [0.3, 0.4) is 0 Å². The van der Waals surface area contributed by atoms with E-state index in [-0.39, 0.29) is 0 Å². The highest BCUT2D eigenvalue weighted by molar-refractivity contribution is 9.08. The lowest BCUT2D eigenvalue weighted by atomic mass is 10.2. The van der Waals surface area contributed by atoms with Crippen molar-refractivity contribution in [3.63, 3.8) is 0 Å². The number of alkyl halides is 1. The first-order valence-corrected chi connectivity index (χ1v) is 10.2. The van der Waals surface area contributed by atoms with Gasteiger partial charge in [0.05, 0.1) is 13.2 Å². The van der Waals surface area contributed by atoms with E-state index < -0.39 is 0 Å². The molecule has 0 radical (unpaired) electrons. The number of aryl methyl sites for hydroxylation is 1. The maximum Gasteiger partial charge on any atom is 0.119 e. The van der Waals surface area contributed by atoms with Gasteiger partial charge in [-0.25, -0.2) is 0 Å². The van der Waals surface area contributed by atoms with E-state index in [0.717, 1.165) is 38.0 Å². The van der Waals surface area contributed by atoms with Gasteiger partial charge in [-0.1, -0.05) is 39.1 Å². The second-order valence-corrected chi connectivity index (χ2v) is 6.86. The smallest absolute Gasteiger partial charge is 0.119 e. The molecule has 2 aromatic carbocycles. The fourth-order valence-corrected chi connectivity index (χ4v) is 2.86. The predicted molar refractivity (Wildman–Crippen MR) is 115 cm³/mol. The van der Waals surface area contributed by atoms with Crippen LogP contribution in [-0.4, -0.2) is 40.6 Å². The van der Waals surface area contributed by atoms with E-state index in [1.807, 2.05) is 43.3 Å². The molecule has 0 bridgehead atoms. The van der Waals surface area contributed by atoms with E-state index >= 15 is 0 Å². The largest absolute Gasteiger partial charge is 0.491 e. The third kappa shape index (κ3) is 9.67. The van der Waals surface area contributed by atoms with Crippen LogP contribution in [0.4, 0.5) is 0 Å². The van der Waals surface area contributed by atoms with Gasteiger partial charge < -0.3 is 18.9 Å². The Morgan fingerprint density at radius 2 is 1.30 bits per heavy atom. The maximum atomic E-state index is 5.95. The number of methoxy groups -OCH3 is 2. The summed E-state index contributed by atoms with van der Waals surface area (Å²) in [5.41, 5.74) is 2.05. The van der Waals surface area contributed by atoms with E-state index in [0.29, 0.717) is 26.4 Å². The summed E-state index contributed by atoms with van der Waals surface area (Å²) in [5.74, 6) is 1.65. The highest BCUT2D eigenvalue weighted by atomic mass is 79.9. The van der Waals surface area contributed by atoms with Gasteiger partial charge in [-0.05, 0) is 54.4 Å². The highest BCUT2D eigenvalue weighted by Gasteiger charge is 2.01. The summed E-state index contributed by atoms with van der Waals surface area (Å²) in [7, 11) is 3.30.